The van der Waals surface area contributed by atoms with Gasteiger partial charge in [0.2, 0.25) is 0 Å². The first-order chi connectivity index (χ1) is 7.66. The summed E-state index contributed by atoms with van der Waals surface area (Å²) in [5.74, 6) is 0.315. The normalized spacial score (nSPS) is 22.2. The first kappa shape index (κ1) is 12.3. The quantitative estimate of drug-likeness (QED) is 0.852. The van der Waals surface area contributed by atoms with Crippen LogP contribution in [0.5, 0.6) is 0 Å². The minimum Gasteiger partial charge on any atom is -0.298 e. The Labute approximate surface area is 109 Å². The van der Waals surface area contributed by atoms with Gasteiger partial charge in [-0.15, -0.1) is 11.3 Å². The third-order valence-corrected chi connectivity index (χ3v) is 4.75. The Morgan fingerprint density at radius 2 is 2.44 bits per heavy atom. The van der Waals surface area contributed by atoms with E-state index >= 15 is 0 Å². The van der Waals surface area contributed by atoms with E-state index in [1.807, 2.05) is 0 Å². The molecule has 2 rings (SSSR count). The molecule has 1 unspecified atom stereocenters. The summed E-state index contributed by atoms with van der Waals surface area (Å²) in [7, 11) is 0. The van der Waals surface area contributed by atoms with E-state index in [9.17, 15) is 4.79 Å². The van der Waals surface area contributed by atoms with Crippen molar-refractivity contribution in [3.63, 3.8) is 0 Å². The molecule has 0 aromatic carbocycles. The Hall–Kier alpha value is -0.190. The van der Waals surface area contributed by atoms with Gasteiger partial charge in [-0.2, -0.15) is 0 Å². The molecular formula is C12H16BrNOS. The van der Waals surface area contributed by atoms with Crippen molar-refractivity contribution in [2.24, 2.45) is 0 Å². The zero-order chi connectivity index (χ0) is 11.5. The maximum absolute atomic E-state index is 11.6. The average molecular weight is 302 g/mol. The number of hydrogen-bond donors (Lipinski definition) is 0. The molecule has 1 aliphatic heterocycles. The number of ketones is 1. The number of Topliss-reactive ketones (excluding diaryl/α,β-unsaturated/α-hetero) is 1. The van der Waals surface area contributed by atoms with E-state index in [4.69, 9.17) is 0 Å². The van der Waals surface area contributed by atoms with Gasteiger partial charge in [0.25, 0.3) is 0 Å². The second kappa shape index (κ2) is 5.43. The third kappa shape index (κ3) is 2.93. The van der Waals surface area contributed by atoms with Gasteiger partial charge in [-0.3, -0.25) is 9.69 Å². The largest absolute Gasteiger partial charge is 0.298 e. The molecule has 88 valence electrons. The number of thiophene rings is 1. The Bertz CT molecular complexity index is 377. The minimum atomic E-state index is 0.148. The van der Waals surface area contributed by atoms with Crippen LogP contribution < -0.4 is 0 Å². The fourth-order valence-electron chi connectivity index (χ4n) is 2.28. The molecular weight excluding hydrogens is 286 g/mol. The molecule has 2 nitrogen and oxygen atoms in total. The lowest BCUT2D eigenvalue weighted by Crippen LogP contribution is -2.42. The number of halogens is 1. The third-order valence-electron chi connectivity index (χ3n) is 3.06. The van der Waals surface area contributed by atoms with E-state index in [0.717, 1.165) is 24.0 Å². The van der Waals surface area contributed by atoms with Crippen LogP contribution in [0.25, 0.3) is 0 Å². The average Bonchev–Trinajstić information content (AvgIpc) is 2.64. The van der Waals surface area contributed by atoms with E-state index in [2.05, 4.69) is 32.3 Å². The molecule has 2 heterocycles. The molecule has 0 N–H and O–H groups in total. The van der Waals surface area contributed by atoms with E-state index in [1.54, 1.807) is 18.3 Å². The van der Waals surface area contributed by atoms with Crippen molar-refractivity contribution in [1.82, 2.24) is 4.90 Å². The summed E-state index contributed by atoms with van der Waals surface area (Å²) < 4.78 is 1.14. The first-order valence-corrected chi connectivity index (χ1v) is 7.31. The maximum Gasteiger partial charge on any atom is 0.146 e. The van der Waals surface area contributed by atoms with E-state index < -0.39 is 0 Å². The molecule has 0 bridgehead atoms. The highest BCUT2D eigenvalue weighted by Gasteiger charge is 2.25. The number of carbonyl (C=O) groups excluding carboxylic acids is 1. The Balaban J connectivity index is 2.03. The maximum atomic E-state index is 11.6. The highest BCUT2D eigenvalue weighted by Crippen LogP contribution is 2.25. The van der Waals surface area contributed by atoms with Crippen LogP contribution in [-0.4, -0.2) is 23.3 Å². The fraction of sp³-hybridized carbons (Fsp3) is 0.583. The zero-order valence-corrected chi connectivity index (χ0v) is 11.8. The molecule has 0 spiro atoms. The van der Waals surface area contributed by atoms with E-state index in [0.29, 0.717) is 5.78 Å². The summed E-state index contributed by atoms with van der Waals surface area (Å²) in [5, 5.41) is 2.10. The molecule has 0 amide bonds. The number of hydrogen-bond acceptors (Lipinski definition) is 3. The molecule has 1 saturated heterocycles. The van der Waals surface area contributed by atoms with Crippen LogP contribution in [-0.2, 0) is 11.3 Å². The summed E-state index contributed by atoms with van der Waals surface area (Å²) in [6.45, 7) is 3.69. The highest BCUT2D eigenvalue weighted by atomic mass is 79.9. The van der Waals surface area contributed by atoms with Crippen molar-refractivity contribution in [2.75, 3.05) is 6.54 Å². The number of rotatable bonds is 3. The predicted molar refractivity (Wildman–Crippen MR) is 70.7 cm³/mol. The predicted octanol–water partition coefficient (Wildman–Crippen LogP) is 3.45. The van der Waals surface area contributed by atoms with Gasteiger partial charge in [-0.1, -0.05) is 6.42 Å². The standard InChI is InChI=1S/C12H16BrNOS/c1-9(15)12-4-2-3-5-14(12)7-11-6-10(13)8-16-11/h6,8,12H,2-5,7H2,1H3. The molecule has 0 aliphatic carbocycles. The van der Waals surface area contributed by atoms with Crippen LogP contribution in [0, 0.1) is 0 Å². The molecule has 1 fully saturated rings. The lowest BCUT2D eigenvalue weighted by Gasteiger charge is -2.33. The number of piperidine rings is 1. The lowest BCUT2D eigenvalue weighted by molar-refractivity contribution is -0.123. The van der Waals surface area contributed by atoms with Crippen molar-refractivity contribution in [3.05, 3.63) is 20.8 Å². The molecule has 0 radical (unpaired) electrons. The smallest absolute Gasteiger partial charge is 0.146 e. The molecule has 1 aromatic rings. The molecule has 1 aromatic heterocycles. The van der Waals surface area contributed by atoms with E-state index in [1.165, 1.54) is 17.7 Å². The lowest BCUT2D eigenvalue weighted by atomic mass is 9.99. The van der Waals surface area contributed by atoms with Gasteiger partial charge >= 0.3 is 0 Å². The van der Waals surface area contributed by atoms with Crippen LogP contribution in [0.1, 0.15) is 31.1 Å². The Morgan fingerprint density at radius 3 is 3.06 bits per heavy atom. The SMILES string of the molecule is CC(=O)C1CCCCN1Cc1cc(Br)cs1. The summed E-state index contributed by atoms with van der Waals surface area (Å²) in [6, 6.07) is 2.30. The second-order valence-electron chi connectivity index (χ2n) is 4.32. The Kier molecular flexibility index (Phi) is 4.16. The van der Waals surface area contributed by atoms with Crippen molar-refractivity contribution in [2.45, 2.75) is 38.8 Å². The minimum absolute atomic E-state index is 0.148. The van der Waals surface area contributed by atoms with Gasteiger partial charge < -0.3 is 0 Å². The highest BCUT2D eigenvalue weighted by molar-refractivity contribution is 9.10. The molecule has 1 aliphatic rings. The van der Waals surface area contributed by atoms with Crippen LogP contribution in [0.3, 0.4) is 0 Å². The fourth-order valence-corrected chi connectivity index (χ4v) is 3.75. The van der Waals surface area contributed by atoms with Crippen LogP contribution in [0.2, 0.25) is 0 Å². The second-order valence-corrected chi connectivity index (χ2v) is 6.24. The van der Waals surface area contributed by atoms with Crippen molar-refractivity contribution < 1.29 is 4.79 Å². The van der Waals surface area contributed by atoms with Gasteiger partial charge in [-0.25, -0.2) is 0 Å². The Morgan fingerprint density at radius 1 is 1.62 bits per heavy atom. The van der Waals surface area contributed by atoms with E-state index in [-0.39, 0.29) is 6.04 Å². The summed E-state index contributed by atoms with van der Waals surface area (Å²) in [6.07, 6.45) is 3.44. The first-order valence-electron chi connectivity index (χ1n) is 5.64. The monoisotopic (exact) mass is 301 g/mol. The number of nitrogens with zero attached hydrogens (tertiary/aromatic N) is 1. The van der Waals surface area contributed by atoms with Gasteiger partial charge in [0.05, 0.1) is 6.04 Å². The molecule has 1 atom stereocenters. The number of carbonyl (C=O) groups is 1. The zero-order valence-electron chi connectivity index (χ0n) is 9.41. The topological polar surface area (TPSA) is 20.3 Å². The molecule has 0 saturated carbocycles. The van der Waals surface area contributed by atoms with Crippen LogP contribution in [0.15, 0.2) is 15.9 Å². The summed E-state index contributed by atoms with van der Waals surface area (Å²) in [5.41, 5.74) is 0. The molecule has 4 heteroatoms. The van der Waals surface area contributed by atoms with Crippen molar-refractivity contribution >= 4 is 33.0 Å². The van der Waals surface area contributed by atoms with Gasteiger partial charge in [-0.05, 0) is 48.3 Å². The van der Waals surface area contributed by atoms with Crippen LogP contribution >= 0.6 is 27.3 Å². The van der Waals surface area contributed by atoms with Gasteiger partial charge in [0.1, 0.15) is 5.78 Å². The van der Waals surface area contributed by atoms with Crippen molar-refractivity contribution in [1.29, 1.82) is 0 Å². The number of likely N-dealkylation sites (tertiary alicyclic amines) is 1. The summed E-state index contributed by atoms with van der Waals surface area (Å²) in [4.78, 5) is 15.2. The van der Waals surface area contributed by atoms with Gasteiger partial charge in [0, 0.05) is 21.3 Å². The summed E-state index contributed by atoms with van der Waals surface area (Å²) >= 11 is 5.22. The molecule has 16 heavy (non-hydrogen) atoms. The van der Waals surface area contributed by atoms with Crippen LogP contribution in [0.4, 0.5) is 0 Å². The van der Waals surface area contributed by atoms with Crippen molar-refractivity contribution in [3.8, 4) is 0 Å². The van der Waals surface area contributed by atoms with Gasteiger partial charge in [0.15, 0.2) is 0 Å².